The van der Waals surface area contributed by atoms with Crippen molar-refractivity contribution in [1.29, 1.82) is 0 Å². The van der Waals surface area contributed by atoms with Gasteiger partial charge in [0.1, 0.15) is 11.6 Å². The van der Waals surface area contributed by atoms with Crippen LogP contribution in [0.3, 0.4) is 0 Å². The highest BCUT2D eigenvalue weighted by Gasteiger charge is 2.24. The first-order valence-corrected chi connectivity index (χ1v) is 15.9. The number of halogens is 2. The van der Waals surface area contributed by atoms with Gasteiger partial charge in [-0.15, -0.1) is 0 Å². The van der Waals surface area contributed by atoms with Crippen LogP contribution in [0.1, 0.15) is 23.0 Å². The van der Waals surface area contributed by atoms with Crippen LogP contribution in [-0.2, 0) is 0 Å². The van der Waals surface area contributed by atoms with Gasteiger partial charge in [0.05, 0.1) is 29.9 Å². The molecule has 5 aromatic rings. The number of nitrogens with zero attached hydrogens (tertiary/aromatic N) is 4. The molecule has 2 N–H and O–H groups in total. The number of fused-ring (bicyclic) bond motifs is 2. The largest absolute Gasteiger partial charge is 0.492 e. The second-order valence-corrected chi connectivity index (χ2v) is 11.7. The van der Waals surface area contributed by atoms with Gasteiger partial charge in [-0.1, -0.05) is 41.9 Å². The third-order valence-electron chi connectivity index (χ3n) is 8.28. The van der Waals surface area contributed by atoms with Gasteiger partial charge in [-0.05, 0) is 78.4 Å². The number of nitrogens with one attached hydrogen (secondary N) is 2. The van der Waals surface area contributed by atoms with Crippen molar-refractivity contribution in [3.63, 3.8) is 0 Å². The van der Waals surface area contributed by atoms with E-state index in [4.69, 9.17) is 21.3 Å². The first kappa shape index (κ1) is 30.3. The van der Waals surface area contributed by atoms with E-state index in [1.54, 1.807) is 30.5 Å². The highest BCUT2D eigenvalue weighted by Crippen LogP contribution is 2.29. The van der Waals surface area contributed by atoms with Crippen molar-refractivity contribution in [2.45, 2.75) is 6.92 Å². The van der Waals surface area contributed by atoms with E-state index in [1.165, 1.54) is 6.07 Å². The van der Waals surface area contributed by atoms with Gasteiger partial charge in [-0.25, -0.2) is 14.4 Å². The Balaban J connectivity index is 1.05. The number of hydrogen-bond donors (Lipinski definition) is 2. The van der Waals surface area contributed by atoms with Crippen LogP contribution in [0.4, 0.5) is 27.4 Å². The van der Waals surface area contributed by atoms with Crippen molar-refractivity contribution in [2.24, 2.45) is 0 Å². The number of carbonyl (C=O) groups is 1. The van der Waals surface area contributed by atoms with Gasteiger partial charge in [0.2, 0.25) is 5.95 Å². The predicted octanol–water partition coefficient (Wildman–Crippen LogP) is 6.03. The second kappa shape index (κ2) is 13.1. The van der Waals surface area contributed by atoms with Gasteiger partial charge in [-0.3, -0.25) is 4.79 Å². The molecule has 47 heavy (non-hydrogen) atoms. The number of anilines is 4. The Kier molecular flexibility index (Phi) is 8.46. The highest BCUT2D eigenvalue weighted by molar-refractivity contribution is 6.30. The second-order valence-electron chi connectivity index (χ2n) is 11.2. The zero-order valence-corrected chi connectivity index (χ0v) is 26.5. The molecule has 7 rings (SSSR count). The Morgan fingerprint density at radius 1 is 0.979 bits per heavy atom. The van der Waals surface area contributed by atoms with E-state index in [2.05, 4.69) is 26.6 Å². The SMILES string of the molecule is CCOc1ccccc1N1CCN(C(=O)c2ccc(Nc3ncc4c(n3)C=c3cc(Cl)cc(-c5ccccc5F)c3=CN4)cc2)CC1. The summed E-state index contributed by atoms with van der Waals surface area (Å²) >= 11 is 6.48. The topological polar surface area (TPSA) is 82.6 Å². The summed E-state index contributed by atoms with van der Waals surface area (Å²) in [6, 6.07) is 25.6. The Labute approximate surface area is 276 Å². The van der Waals surface area contributed by atoms with Crippen LogP contribution in [0.15, 0.2) is 91.1 Å². The van der Waals surface area contributed by atoms with E-state index in [0.29, 0.717) is 58.7 Å². The molecule has 2 aliphatic heterocycles. The van der Waals surface area contributed by atoms with Gasteiger partial charge in [0.15, 0.2) is 0 Å². The molecule has 1 aromatic heterocycles. The maximum atomic E-state index is 14.7. The first-order valence-electron chi connectivity index (χ1n) is 15.5. The molecule has 4 aromatic carbocycles. The molecular weight excluding hydrogens is 615 g/mol. The molecule has 1 fully saturated rings. The molecule has 1 saturated heterocycles. The van der Waals surface area contributed by atoms with Crippen molar-refractivity contribution in [3.05, 3.63) is 124 Å². The number of hydrogen-bond acceptors (Lipinski definition) is 7. The molecule has 0 unspecified atom stereocenters. The maximum Gasteiger partial charge on any atom is 0.253 e. The number of benzene rings is 4. The summed E-state index contributed by atoms with van der Waals surface area (Å²) in [5, 5.41) is 8.59. The molecule has 0 spiro atoms. The number of ether oxygens (including phenoxy) is 1. The molecule has 0 atom stereocenters. The van der Waals surface area contributed by atoms with Crippen molar-refractivity contribution in [2.75, 3.05) is 48.3 Å². The quantitative estimate of drug-likeness (QED) is 0.223. The van der Waals surface area contributed by atoms with Crippen molar-refractivity contribution >= 4 is 52.8 Å². The summed E-state index contributed by atoms with van der Waals surface area (Å²) in [4.78, 5) is 26.7. The smallest absolute Gasteiger partial charge is 0.253 e. The van der Waals surface area contributed by atoms with Gasteiger partial charge in [0.25, 0.3) is 5.91 Å². The molecule has 0 saturated carbocycles. The molecule has 0 radical (unpaired) electrons. The molecular formula is C37H32ClFN6O2. The van der Waals surface area contributed by atoms with Crippen LogP contribution in [0.25, 0.3) is 23.4 Å². The molecule has 3 heterocycles. The Morgan fingerprint density at radius 3 is 2.53 bits per heavy atom. The first-order chi connectivity index (χ1) is 23.0. The lowest BCUT2D eigenvalue weighted by atomic mass is 10.0. The average molecular weight is 647 g/mol. The van der Waals surface area contributed by atoms with Gasteiger partial charge in [0, 0.05) is 59.4 Å². The van der Waals surface area contributed by atoms with Crippen molar-refractivity contribution in [1.82, 2.24) is 14.9 Å². The van der Waals surface area contributed by atoms with Crippen molar-refractivity contribution < 1.29 is 13.9 Å². The van der Waals surface area contributed by atoms with Crippen molar-refractivity contribution in [3.8, 4) is 16.9 Å². The average Bonchev–Trinajstić information content (AvgIpc) is 3.27. The van der Waals surface area contributed by atoms with Crippen LogP contribution < -0.4 is 30.7 Å². The van der Waals surface area contributed by atoms with E-state index in [9.17, 15) is 9.18 Å². The molecule has 0 aliphatic carbocycles. The molecule has 236 valence electrons. The lowest BCUT2D eigenvalue weighted by molar-refractivity contribution is 0.0746. The fourth-order valence-corrected chi connectivity index (χ4v) is 6.18. The zero-order chi connectivity index (χ0) is 32.3. The molecule has 8 nitrogen and oxygen atoms in total. The van der Waals surface area contributed by atoms with Gasteiger partial charge < -0.3 is 25.2 Å². The third kappa shape index (κ3) is 6.35. The minimum atomic E-state index is -0.326. The molecule has 10 heteroatoms. The summed E-state index contributed by atoms with van der Waals surface area (Å²) in [7, 11) is 0. The number of rotatable bonds is 7. The van der Waals surface area contributed by atoms with Crippen LogP contribution in [0.2, 0.25) is 5.02 Å². The van der Waals surface area contributed by atoms with E-state index in [0.717, 1.165) is 40.7 Å². The predicted molar refractivity (Wildman–Crippen MR) is 185 cm³/mol. The Hall–Kier alpha value is -5.41. The zero-order valence-electron chi connectivity index (χ0n) is 25.7. The maximum absolute atomic E-state index is 14.7. The van der Waals surface area contributed by atoms with Crippen LogP contribution in [-0.4, -0.2) is 53.6 Å². The summed E-state index contributed by atoms with van der Waals surface area (Å²) in [5.74, 6) is 0.934. The summed E-state index contributed by atoms with van der Waals surface area (Å²) in [6.07, 6.45) is 5.42. The Bertz CT molecular complexity index is 2080. The van der Waals surface area contributed by atoms with E-state index in [1.807, 2.05) is 72.6 Å². The van der Waals surface area contributed by atoms with Crippen LogP contribution in [0, 0.1) is 5.82 Å². The number of amides is 1. The molecule has 2 aliphatic rings. The standard InChI is InChI=1S/C37H32ClFN6O2/c1-2-47-35-10-6-5-9-34(35)44-15-17-45(18-16-44)36(46)24-11-13-27(14-12-24)42-37-41-23-33-32(43-37)20-25-19-26(38)21-29(30(25)22-40-33)28-7-3-4-8-31(28)39/h3-14,19-23,40H,2,15-18H2,1H3,(H,41,42,43). The number of piperazine rings is 1. The summed E-state index contributed by atoms with van der Waals surface area (Å²) in [5.41, 5.74) is 4.91. The van der Waals surface area contributed by atoms with E-state index < -0.39 is 0 Å². The summed E-state index contributed by atoms with van der Waals surface area (Å²) in [6.45, 7) is 5.30. The van der Waals surface area contributed by atoms with E-state index in [-0.39, 0.29) is 11.7 Å². The molecule has 0 bridgehead atoms. The minimum Gasteiger partial charge on any atom is -0.492 e. The monoisotopic (exact) mass is 646 g/mol. The van der Waals surface area contributed by atoms with E-state index >= 15 is 0 Å². The lowest BCUT2D eigenvalue weighted by Gasteiger charge is -2.36. The number of aromatic nitrogens is 2. The van der Waals surface area contributed by atoms with Crippen LogP contribution >= 0.6 is 11.6 Å². The minimum absolute atomic E-state index is 0.000391. The highest BCUT2D eigenvalue weighted by atomic mass is 35.5. The number of carbonyl (C=O) groups excluding carboxylic acids is 1. The molecule has 1 amide bonds. The van der Waals surface area contributed by atoms with Crippen LogP contribution in [0.5, 0.6) is 5.75 Å². The lowest BCUT2D eigenvalue weighted by Crippen LogP contribution is -2.48. The van der Waals surface area contributed by atoms with Gasteiger partial charge in [-0.2, -0.15) is 0 Å². The number of para-hydroxylation sites is 2. The van der Waals surface area contributed by atoms with Gasteiger partial charge >= 0.3 is 0 Å². The summed E-state index contributed by atoms with van der Waals surface area (Å²) < 4.78 is 20.5. The Morgan fingerprint density at radius 2 is 1.74 bits per heavy atom. The fraction of sp³-hybridized carbons (Fsp3) is 0.162. The third-order valence-corrected chi connectivity index (χ3v) is 8.50. The fourth-order valence-electron chi connectivity index (χ4n) is 5.95. The normalized spacial score (nSPS) is 13.7.